The van der Waals surface area contributed by atoms with E-state index in [4.69, 9.17) is 9.63 Å². The van der Waals surface area contributed by atoms with Crippen molar-refractivity contribution in [1.82, 2.24) is 9.99 Å². The molecule has 7 nitrogen and oxygen atoms in total. The summed E-state index contributed by atoms with van der Waals surface area (Å²) in [5.41, 5.74) is 1.24. The van der Waals surface area contributed by atoms with Crippen molar-refractivity contribution in [3.05, 3.63) is 35.9 Å². The van der Waals surface area contributed by atoms with Crippen molar-refractivity contribution in [2.24, 2.45) is 0 Å². The molecule has 0 aliphatic carbocycles. The van der Waals surface area contributed by atoms with Crippen LogP contribution >= 0.6 is 19.3 Å². The highest BCUT2D eigenvalue weighted by Crippen LogP contribution is 2.44. The van der Waals surface area contributed by atoms with Gasteiger partial charge in [0.1, 0.15) is 12.6 Å². The fourth-order valence-electron chi connectivity index (χ4n) is 3.10. The van der Waals surface area contributed by atoms with Crippen LogP contribution in [-0.2, 0) is 25.1 Å². The maximum absolute atomic E-state index is 13.2. The normalized spacial score (nSPS) is 19.8. The van der Waals surface area contributed by atoms with E-state index in [1.54, 1.807) is 18.7 Å². The molecule has 1 amide bonds. The van der Waals surface area contributed by atoms with Crippen molar-refractivity contribution >= 4 is 31.2 Å². The second-order valence-electron chi connectivity index (χ2n) is 6.67. The molecule has 0 spiro atoms. The minimum atomic E-state index is -3.18. The van der Waals surface area contributed by atoms with Crippen LogP contribution in [0.15, 0.2) is 30.3 Å². The zero-order chi connectivity index (χ0) is 20.4. The van der Waals surface area contributed by atoms with Gasteiger partial charge in [-0.2, -0.15) is 11.8 Å². The van der Waals surface area contributed by atoms with Gasteiger partial charge in [-0.05, 0) is 31.7 Å². The fourth-order valence-corrected chi connectivity index (χ4v) is 6.26. The van der Waals surface area contributed by atoms with E-state index in [1.807, 2.05) is 18.2 Å². The lowest BCUT2D eigenvalue weighted by atomic mass is 10.1. The Morgan fingerprint density at radius 3 is 2.79 bits per heavy atom. The SMILES string of the molecule is CCOP(=O)(CCCCc1ccccc1)NC1CSCCN(CC(=O)O)C1=O. The molecule has 0 aromatic heterocycles. The summed E-state index contributed by atoms with van der Waals surface area (Å²) in [6.07, 6.45) is 2.84. The Balaban J connectivity index is 1.93. The molecule has 28 heavy (non-hydrogen) atoms. The summed E-state index contributed by atoms with van der Waals surface area (Å²) in [5, 5.41) is 12.0. The molecule has 2 unspecified atom stereocenters. The predicted octanol–water partition coefficient (Wildman–Crippen LogP) is 2.86. The molecule has 156 valence electrons. The molecule has 9 heteroatoms. The summed E-state index contributed by atoms with van der Waals surface area (Å²) in [6.45, 7) is 2.10. The average Bonchev–Trinajstić information content (AvgIpc) is 2.82. The van der Waals surface area contributed by atoms with E-state index < -0.39 is 19.5 Å². The van der Waals surface area contributed by atoms with Crippen LogP contribution < -0.4 is 5.09 Å². The molecule has 1 aliphatic heterocycles. The van der Waals surface area contributed by atoms with Gasteiger partial charge < -0.3 is 14.5 Å². The van der Waals surface area contributed by atoms with E-state index >= 15 is 0 Å². The number of thioether (sulfide) groups is 1. The second kappa shape index (κ2) is 11.6. The van der Waals surface area contributed by atoms with Crippen LogP contribution in [-0.4, -0.2) is 65.3 Å². The van der Waals surface area contributed by atoms with Gasteiger partial charge in [0.25, 0.3) is 7.52 Å². The predicted molar refractivity (Wildman–Crippen MR) is 112 cm³/mol. The summed E-state index contributed by atoms with van der Waals surface area (Å²) in [7, 11) is -3.18. The van der Waals surface area contributed by atoms with E-state index in [1.165, 1.54) is 10.5 Å². The van der Waals surface area contributed by atoms with Crippen LogP contribution in [0.2, 0.25) is 0 Å². The summed E-state index contributed by atoms with van der Waals surface area (Å²) in [5.74, 6) is -0.256. The second-order valence-corrected chi connectivity index (χ2v) is 10.1. The largest absolute Gasteiger partial charge is 0.480 e. The van der Waals surface area contributed by atoms with E-state index in [0.717, 1.165) is 12.8 Å². The van der Waals surface area contributed by atoms with Gasteiger partial charge in [0, 0.05) is 24.2 Å². The first-order valence-corrected chi connectivity index (χ1v) is 12.5. The minimum Gasteiger partial charge on any atom is -0.480 e. The van der Waals surface area contributed by atoms with E-state index in [2.05, 4.69) is 17.2 Å². The van der Waals surface area contributed by atoms with Crippen molar-refractivity contribution in [1.29, 1.82) is 0 Å². The van der Waals surface area contributed by atoms with Crippen molar-refractivity contribution in [3.8, 4) is 0 Å². The first kappa shape index (κ1) is 22.9. The first-order valence-electron chi connectivity index (χ1n) is 9.57. The lowest BCUT2D eigenvalue weighted by molar-refractivity contribution is -0.144. The molecule has 1 aromatic rings. The van der Waals surface area contributed by atoms with Crippen molar-refractivity contribution in [3.63, 3.8) is 0 Å². The molecule has 0 radical (unpaired) electrons. The number of aliphatic carboxylic acids is 1. The average molecular weight is 428 g/mol. The third-order valence-corrected chi connectivity index (χ3v) is 7.75. The molecule has 0 saturated carbocycles. The van der Waals surface area contributed by atoms with E-state index in [0.29, 0.717) is 30.6 Å². The van der Waals surface area contributed by atoms with Crippen LogP contribution in [0.25, 0.3) is 0 Å². The number of unbranched alkanes of at least 4 members (excludes halogenated alkanes) is 1. The maximum Gasteiger partial charge on any atom is 0.323 e. The number of nitrogens with one attached hydrogen (secondary N) is 1. The third-order valence-electron chi connectivity index (χ3n) is 4.43. The number of hydrogen-bond donors (Lipinski definition) is 2. The zero-order valence-electron chi connectivity index (χ0n) is 16.2. The molecule has 1 fully saturated rings. The van der Waals surface area contributed by atoms with Crippen molar-refractivity contribution in [2.75, 3.05) is 37.4 Å². The Labute approximate surface area is 170 Å². The van der Waals surface area contributed by atoms with Gasteiger partial charge in [-0.3, -0.25) is 14.2 Å². The van der Waals surface area contributed by atoms with Crippen LogP contribution in [0.5, 0.6) is 0 Å². The molecule has 1 saturated heterocycles. The van der Waals surface area contributed by atoms with Gasteiger partial charge in [0.2, 0.25) is 5.91 Å². The monoisotopic (exact) mass is 428 g/mol. The Morgan fingerprint density at radius 2 is 2.11 bits per heavy atom. The van der Waals surface area contributed by atoms with Gasteiger partial charge in [-0.1, -0.05) is 30.3 Å². The molecule has 2 rings (SSSR count). The number of carboxylic acid groups (broad SMARTS) is 1. The van der Waals surface area contributed by atoms with Gasteiger partial charge in [-0.15, -0.1) is 0 Å². The number of hydrogen-bond acceptors (Lipinski definition) is 5. The maximum atomic E-state index is 13.2. The van der Waals surface area contributed by atoms with Gasteiger partial charge in [0.05, 0.1) is 6.61 Å². The number of carbonyl (C=O) groups excluding carboxylic acids is 1. The first-order chi connectivity index (χ1) is 13.4. The molecule has 1 heterocycles. The number of amides is 1. The quantitative estimate of drug-likeness (QED) is 0.413. The van der Waals surface area contributed by atoms with Crippen LogP contribution in [0.1, 0.15) is 25.3 Å². The van der Waals surface area contributed by atoms with E-state index in [-0.39, 0.29) is 19.1 Å². The molecule has 2 atom stereocenters. The van der Waals surface area contributed by atoms with Gasteiger partial charge in [0.15, 0.2) is 0 Å². The van der Waals surface area contributed by atoms with Crippen molar-refractivity contribution in [2.45, 2.75) is 32.2 Å². The molecular weight excluding hydrogens is 399 g/mol. The van der Waals surface area contributed by atoms with E-state index in [9.17, 15) is 14.2 Å². The van der Waals surface area contributed by atoms with Gasteiger partial charge >= 0.3 is 5.97 Å². The topological polar surface area (TPSA) is 95.9 Å². The highest BCUT2D eigenvalue weighted by atomic mass is 32.2. The lowest BCUT2D eigenvalue weighted by Crippen LogP contribution is -2.47. The molecule has 1 aromatic carbocycles. The number of benzene rings is 1. The zero-order valence-corrected chi connectivity index (χ0v) is 17.9. The molecule has 2 N–H and O–H groups in total. The number of aryl methyl sites for hydroxylation is 1. The summed E-state index contributed by atoms with van der Waals surface area (Å²) >= 11 is 1.55. The number of carbonyl (C=O) groups is 2. The Kier molecular flexibility index (Phi) is 9.51. The molecule has 1 aliphatic rings. The number of nitrogens with zero attached hydrogens (tertiary/aromatic N) is 1. The number of rotatable bonds is 11. The Hall–Kier alpha value is -1.34. The van der Waals surface area contributed by atoms with Crippen LogP contribution in [0.4, 0.5) is 0 Å². The van der Waals surface area contributed by atoms with Gasteiger partial charge in [-0.25, -0.2) is 5.09 Å². The smallest absolute Gasteiger partial charge is 0.323 e. The minimum absolute atomic E-state index is 0.288. The van der Waals surface area contributed by atoms with Crippen molar-refractivity contribution < 1.29 is 23.8 Å². The summed E-state index contributed by atoms with van der Waals surface area (Å²) in [6, 6.07) is 9.42. The molecular formula is C19H29N2O5PS. The third kappa shape index (κ3) is 7.59. The standard InChI is InChI=1S/C19H29N2O5PS/c1-2-26-27(25,12-7-6-10-16-8-4-3-5-9-16)20-17-15-28-13-11-21(19(17)24)14-18(22)23/h3-5,8-9,17H,2,6-7,10-15H2,1H3,(H,20,25)(H,22,23). The van der Waals surface area contributed by atoms with Crippen LogP contribution in [0, 0.1) is 0 Å². The fraction of sp³-hybridized carbons (Fsp3) is 0.579. The Morgan fingerprint density at radius 1 is 1.36 bits per heavy atom. The molecule has 0 bridgehead atoms. The summed E-state index contributed by atoms with van der Waals surface area (Å²) in [4.78, 5) is 25.0. The van der Waals surface area contributed by atoms with Crippen LogP contribution in [0.3, 0.4) is 0 Å². The highest BCUT2D eigenvalue weighted by Gasteiger charge is 2.34. The number of carboxylic acids is 1. The lowest BCUT2D eigenvalue weighted by Gasteiger charge is -2.27. The summed E-state index contributed by atoms with van der Waals surface area (Å²) < 4.78 is 18.8. The highest BCUT2D eigenvalue weighted by molar-refractivity contribution is 7.99. The Bertz CT molecular complexity index is 688.